The van der Waals surface area contributed by atoms with E-state index in [2.05, 4.69) is 20.2 Å². The molecule has 0 radical (unpaired) electrons. The van der Waals surface area contributed by atoms with Crippen molar-refractivity contribution in [3.05, 3.63) is 66.4 Å². The summed E-state index contributed by atoms with van der Waals surface area (Å²) in [5.41, 5.74) is 1.90. The Kier molecular flexibility index (Phi) is 4.22. The van der Waals surface area contributed by atoms with Crippen LogP contribution in [0.4, 0.5) is 8.78 Å². The molecule has 0 unspecified atom stereocenters. The van der Waals surface area contributed by atoms with Crippen molar-refractivity contribution in [3.8, 4) is 17.2 Å². The topological polar surface area (TPSA) is 73.9 Å². The molecule has 0 amide bonds. The van der Waals surface area contributed by atoms with Crippen molar-refractivity contribution in [1.29, 1.82) is 0 Å². The molecule has 1 aromatic carbocycles. The number of fused-ring (bicyclic) bond motifs is 1. The summed E-state index contributed by atoms with van der Waals surface area (Å²) in [5.74, 6) is -0.0539. The molecule has 4 rings (SSSR count). The molecule has 3 aromatic heterocycles. The summed E-state index contributed by atoms with van der Waals surface area (Å²) in [6.07, 6.45) is 0.384. The minimum atomic E-state index is -2.80. The summed E-state index contributed by atoms with van der Waals surface area (Å²) in [6, 6.07) is 12.9. The van der Waals surface area contributed by atoms with Crippen LogP contribution < -0.4 is 4.74 Å². The summed E-state index contributed by atoms with van der Waals surface area (Å²) >= 11 is 0. The van der Waals surface area contributed by atoms with E-state index in [1.807, 2.05) is 30.3 Å². The van der Waals surface area contributed by atoms with Gasteiger partial charge in [0.2, 0.25) is 5.89 Å². The van der Waals surface area contributed by atoms with Gasteiger partial charge in [0.05, 0.1) is 11.3 Å². The number of aromatic nitrogens is 4. The normalized spacial score (nSPS) is 11.2. The predicted molar refractivity (Wildman–Crippen MR) is 88.6 cm³/mol. The first-order chi connectivity index (χ1) is 12.7. The van der Waals surface area contributed by atoms with Crippen molar-refractivity contribution < 1.29 is 17.9 Å². The van der Waals surface area contributed by atoms with Crippen molar-refractivity contribution in [2.75, 3.05) is 0 Å². The van der Waals surface area contributed by atoms with Gasteiger partial charge in [-0.05, 0) is 24.3 Å². The largest absolute Gasteiger partial charge is 0.485 e. The fourth-order valence-electron chi connectivity index (χ4n) is 2.42. The first kappa shape index (κ1) is 16.1. The van der Waals surface area contributed by atoms with Gasteiger partial charge in [0.25, 0.3) is 5.89 Å². The standard InChI is InChI=1S/C18H12F2N4O2/c19-16(20)18-24-23-17(26-18)12-6-7-13(22-9-12)10-25-14-5-1-3-11-4-2-8-21-15(11)14/h1-9,16H,10H2. The second-order valence-corrected chi connectivity index (χ2v) is 5.40. The van der Waals surface area contributed by atoms with Crippen LogP contribution in [-0.4, -0.2) is 20.2 Å². The van der Waals surface area contributed by atoms with E-state index in [9.17, 15) is 8.78 Å². The maximum absolute atomic E-state index is 12.5. The Bertz CT molecular complexity index is 1030. The average Bonchev–Trinajstić information content (AvgIpc) is 3.17. The van der Waals surface area contributed by atoms with Crippen LogP contribution in [0.25, 0.3) is 22.4 Å². The van der Waals surface area contributed by atoms with E-state index in [0.717, 1.165) is 10.9 Å². The van der Waals surface area contributed by atoms with Crippen molar-refractivity contribution in [2.24, 2.45) is 0 Å². The molecular formula is C18H12F2N4O2. The lowest BCUT2D eigenvalue weighted by Gasteiger charge is -2.08. The predicted octanol–water partition coefficient (Wildman–Crippen LogP) is 4.20. The van der Waals surface area contributed by atoms with E-state index in [0.29, 0.717) is 17.0 Å². The molecular weight excluding hydrogens is 342 g/mol. The van der Waals surface area contributed by atoms with Crippen molar-refractivity contribution in [2.45, 2.75) is 13.0 Å². The van der Waals surface area contributed by atoms with Gasteiger partial charge >= 0.3 is 6.43 Å². The minimum absolute atomic E-state index is 0.00137. The molecule has 0 saturated heterocycles. The highest BCUT2D eigenvalue weighted by Crippen LogP contribution is 2.25. The van der Waals surface area contributed by atoms with Crippen molar-refractivity contribution in [1.82, 2.24) is 20.2 Å². The van der Waals surface area contributed by atoms with E-state index < -0.39 is 12.3 Å². The molecule has 0 aliphatic rings. The second-order valence-electron chi connectivity index (χ2n) is 5.40. The van der Waals surface area contributed by atoms with E-state index >= 15 is 0 Å². The molecule has 0 atom stereocenters. The van der Waals surface area contributed by atoms with Gasteiger partial charge in [0.1, 0.15) is 17.9 Å². The molecule has 0 aliphatic heterocycles. The SMILES string of the molecule is FC(F)c1nnc(-c2ccc(COc3cccc4cccnc34)nc2)o1. The van der Waals surface area contributed by atoms with E-state index in [1.165, 1.54) is 6.20 Å². The molecule has 3 heterocycles. The molecule has 0 aliphatic carbocycles. The number of halogens is 2. The monoisotopic (exact) mass is 354 g/mol. The van der Waals surface area contributed by atoms with Gasteiger partial charge in [-0.3, -0.25) is 9.97 Å². The van der Waals surface area contributed by atoms with Crippen LogP contribution in [0.2, 0.25) is 0 Å². The number of nitrogens with zero attached hydrogens (tertiary/aromatic N) is 4. The number of ether oxygens (including phenoxy) is 1. The average molecular weight is 354 g/mol. The molecule has 0 spiro atoms. The Labute approximate surface area is 146 Å². The third-order valence-electron chi connectivity index (χ3n) is 3.67. The van der Waals surface area contributed by atoms with E-state index in [1.54, 1.807) is 18.3 Å². The first-order valence-corrected chi connectivity index (χ1v) is 7.74. The summed E-state index contributed by atoms with van der Waals surface area (Å²) in [7, 11) is 0. The fraction of sp³-hybridized carbons (Fsp3) is 0.111. The molecule has 6 nitrogen and oxygen atoms in total. The van der Waals surface area contributed by atoms with Crippen LogP contribution >= 0.6 is 0 Å². The molecule has 0 N–H and O–H groups in total. The minimum Gasteiger partial charge on any atom is -0.485 e. The maximum atomic E-state index is 12.5. The highest BCUT2D eigenvalue weighted by Gasteiger charge is 2.17. The van der Waals surface area contributed by atoms with E-state index in [-0.39, 0.29) is 12.5 Å². The van der Waals surface area contributed by atoms with Crippen molar-refractivity contribution in [3.63, 3.8) is 0 Å². The Hall–Kier alpha value is -3.42. The summed E-state index contributed by atoms with van der Waals surface area (Å²) < 4.78 is 35.7. The van der Waals surface area contributed by atoms with Gasteiger partial charge in [-0.1, -0.05) is 18.2 Å². The molecule has 130 valence electrons. The Balaban J connectivity index is 1.49. The number of alkyl halides is 2. The zero-order chi connectivity index (χ0) is 17.9. The maximum Gasteiger partial charge on any atom is 0.314 e. The van der Waals surface area contributed by atoms with E-state index in [4.69, 9.17) is 9.15 Å². The zero-order valence-electron chi connectivity index (χ0n) is 13.3. The Morgan fingerprint density at radius 3 is 2.65 bits per heavy atom. The number of pyridine rings is 2. The van der Waals surface area contributed by atoms with Crippen LogP contribution in [0.15, 0.2) is 59.3 Å². The van der Waals surface area contributed by atoms with Gasteiger partial charge in [-0.25, -0.2) is 0 Å². The molecule has 8 heteroatoms. The van der Waals surface area contributed by atoms with Crippen molar-refractivity contribution >= 4 is 10.9 Å². The summed E-state index contributed by atoms with van der Waals surface area (Å²) in [6.45, 7) is 0.238. The molecule has 0 fully saturated rings. The fourth-order valence-corrected chi connectivity index (χ4v) is 2.42. The van der Waals surface area contributed by atoms with Crippen LogP contribution in [-0.2, 0) is 6.61 Å². The number of hydrogen-bond donors (Lipinski definition) is 0. The number of benzene rings is 1. The van der Waals surface area contributed by atoms with Gasteiger partial charge in [0, 0.05) is 17.8 Å². The molecule has 4 aromatic rings. The molecule has 0 saturated carbocycles. The van der Waals surface area contributed by atoms with Gasteiger partial charge in [0.15, 0.2) is 0 Å². The third-order valence-corrected chi connectivity index (χ3v) is 3.67. The van der Waals surface area contributed by atoms with Gasteiger partial charge in [-0.15, -0.1) is 10.2 Å². The lowest BCUT2D eigenvalue weighted by molar-refractivity contribution is 0.116. The van der Waals surface area contributed by atoms with Crippen LogP contribution in [0.1, 0.15) is 18.0 Å². The smallest absolute Gasteiger partial charge is 0.314 e. The Morgan fingerprint density at radius 2 is 1.88 bits per heavy atom. The lowest BCUT2D eigenvalue weighted by atomic mass is 10.2. The highest BCUT2D eigenvalue weighted by atomic mass is 19.3. The quantitative estimate of drug-likeness (QED) is 0.535. The number of rotatable bonds is 5. The summed E-state index contributed by atoms with van der Waals surface area (Å²) in [4.78, 5) is 8.57. The third kappa shape index (κ3) is 3.21. The zero-order valence-corrected chi connectivity index (χ0v) is 13.3. The van der Waals surface area contributed by atoms with Gasteiger partial charge < -0.3 is 9.15 Å². The highest BCUT2D eigenvalue weighted by molar-refractivity contribution is 5.84. The lowest BCUT2D eigenvalue weighted by Crippen LogP contribution is -1.99. The first-order valence-electron chi connectivity index (χ1n) is 7.74. The van der Waals surface area contributed by atoms with Crippen LogP contribution in [0, 0.1) is 0 Å². The second kappa shape index (κ2) is 6.83. The molecule has 0 bridgehead atoms. The number of hydrogen-bond acceptors (Lipinski definition) is 6. The van der Waals surface area contributed by atoms with Crippen LogP contribution in [0.3, 0.4) is 0 Å². The van der Waals surface area contributed by atoms with Gasteiger partial charge in [-0.2, -0.15) is 8.78 Å². The molecule has 26 heavy (non-hydrogen) atoms. The van der Waals surface area contributed by atoms with Crippen LogP contribution in [0.5, 0.6) is 5.75 Å². The summed E-state index contributed by atoms with van der Waals surface area (Å²) in [5, 5.41) is 7.87. The Morgan fingerprint density at radius 1 is 1.00 bits per heavy atom. The number of para-hydroxylation sites is 1.